The lowest BCUT2D eigenvalue weighted by Gasteiger charge is -2.10. The van der Waals surface area contributed by atoms with Crippen molar-refractivity contribution >= 4 is 27.2 Å². The number of hydrogen-bond acceptors (Lipinski definition) is 3. The summed E-state index contributed by atoms with van der Waals surface area (Å²) < 4.78 is 0.721. The third kappa shape index (κ3) is 2.41. The van der Waals surface area contributed by atoms with Crippen molar-refractivity contribution in [1.29, 1.82) is 5.26 Å². The van der Waals surface area contributed by atoms with E-state index < -0.39 is 0 Å². The van der Waals surface area contributed by atoms with E-state index in [1.807, 2.05) is 30.3 Å². The number of allylic oxidation sites excluding steroid dienone is 6. The molecule has 0 saturated carbocycles. The molecule has 0 bridgehead atoms. The summed E-state index contributed by atoms with van der Waals surface area (Å²) in [5.41, 5.74) is 2.65. The molecule has 0 fully saturated rings. The second kappa shape index (κ2) is 5.48. The van der Waals surface area contributed by atoms with Crippen molar-refractivity contribution in [1.82, 2.24) is 0 Å². The summed E-state index contributed by atoms with van der Waals surface area (Å²) >= 11 is 3.38. The maximum absolute atomic E-state index is 9.30. The second-order valence-electron chi connectivity index (χ2n) is 3.62. The Kier molecular flexibility index (Phi) is 3.75. The quantitative estimate of drug-likeness (QED) is 0.489. The predicted octanol–water partition coefficient (Wildman–Crippen LogP) is 3.64. The molecular weight excluding hydrogens is 292 g/mol. The van der Waals surface area contributed by atoms with Crippen LogP contribution in [0.25, 0.3) is 5.57 Å². The molecule has 18 heavy (non-hydrogen) atoms. The van der Waals surface area contributed by atoms with Gasteiger partial charge in [-0.25, -0.2) is 0 Å². The van der Waals surface area contributed by atoms with E-state index in [-0.39, 0.29) is 0 Å². The molecule has 2 rings (SSSR count). The van der Waals surface area contributed by atoms with Gasteiger partial charge in [-0.05, 0) is 17.7 Å². The van der Waals surface area contributed by atoms with Gasteiger partial charge >= 0.3 is 0 Å². The zero-order valence-electron chi connectivity index (χ0n) is 9.34. The summed E-state index contributed by atoms with van der Waals surface area (Å²) in [5, 5.41) is 21.1. The van der Waals surface area contributed by atoms with Crippen LogP contribution in [0.1, 0.15) is 5.56 Å². The maximum Gasteiger partial charge on any atom is 0.103 e. The first-order valence-electron chi connectivity index (χ1n) is 5.23. The van der Waals surface area contributed by atoms with Crippen LogP contribution in [0.4, 0.5) is 0 Å². The number of rotatable bonds is 1. The van der Waals surface area contributed by atoms with Crippen molar-refractivity contribution in [3.05, 3.63) is 64.2 Å². The molecule has 0 atom stereocenters. The molecule has 1 aliphatic carbocycles. The molecule has 0 aliphatic heterocycles. The second-order valence-corrected chi connectivity index (χ2v) is 4.47. The van der Waals surface area contributed by atoms with Crippen LogP contribution in [0.5, 0.6) is 0 Å². The van der Waals surface area contributed by atoms with Gasteiger partial charge in [0.2, 0.25) is 0 Å². The summed E-state index contributed by atoms with van der Waals surface area (Å²) in [5.74, 6) is 0. The van der Waals surface area contributed by atoms with Gasteiger partial charge in [0, 0.05) is 10.1 Å². The van der Waals surface area contributed by atoms with Crippen LogP contribution in [0.3, 0.4) is 0 Å². The van der Waals surface area contributed by atoms with E-state index in [1.54, 1.807) is 18.2 Å². The Labute approximate surface area is 113 Å². The monoisotopic (exact) mass is 300 g/mol. The molecule has 0 radical (unpaired) electrons. The molecule has 3 nitrogen and oxygen atoms in total. The molecule has 0 amide bonds. The van der Waals surface area contributed by atoms with Crippen molar-refractivity contribution in [2.24, 2.45) is 5.16 Å². The summed E-state index contributed by atoms with van der Waals surface area (Å²) in [7, 11) is 0. The highest BCUT2D eigenvalue weighted by Crippen LogP contribution is 2.30. The normalized spacial score (nSPS) is 19.3. The maximum atomic E-state index is 9.30. The van der Waals surface area contributed by atoms with E-state index in [4.69, 9.17) is 5.21 Å². The van der Waals surface area contributed by atoms with Crippen LogP contribution in [0.15, 0.2) is 63.8 Å². The predicted molar refractivity (Wildman–Crippen MR) is 74.3 cm³/mol. The van der Waals surface area contributed by atoms with Crippen LogP contribution in [0.2, 0.25) is 0 Å². The first-order chi connectivity index (χ1) is 8.76. The highest BCUT2D eigenvalue weighted by Gasteiger charge is 2.13. The number of nitriles is 1. The van der Waals surface area contributed by atoms with Gasteiger partial charge in [0.1, 0.15) is 11.8 Å². The fourth-order valence-corrected chi connectivity index (χ4v) is 2.22. The van der Waals surface area contributed by atoms with E-state index in [0.717, 1.165) is 15.6 Å². The third-order valence-electron chi connectivity index (χ3n) is 2.51. The van der Waals surface area contributed by atoms with Crippen LogP contribution < -0.4 is 0 Å². The largest absolute Gasteiger partial charge is 0.410 e. The molecule has 1 aromatic rings. The fraction of sp³-hybridized carbons (Fsp3) is 0. The Morgan fingerprint density at radius 3 is 2.50 bits per heavy atom. The van der Waals surface area contributed by atoms with Gasteiger partial charge in [-0.3, -0.25) is 0 Å². The summed E-state index contributed by atoms with van der Waals surface area (Å²) in [4.78, 5) is 0. The van der Waals surface area contributed by atoms with Crippen LogP contribution in [0, 0.1) is 11.3 Å². The summed E-state index contributed by atoms with van der Waals surface area (Å²) in [6.45, 7) is 0. The minimum absolute atomic E-state index is 0.441. The van der Waals surface area contributed by atoms with Crippen LogP contribution >= 0.6 is 15.9 Å². The molecule has 0 saturated heterocycles. The molecule has 1 N–H and O–H groups in total. The van der Waals surface area contributed by atoms with Gasteiger partial charge in [-0.1, -0.05) is 57.5 Å². The molecule has 1 aliphatic rings. The number of benzene rings is 1. The Balaban J connectivity index is 2.55. The smallest absolute Gasteiger partial charge is 0.103 e. The van der Waals surface area contributed by atoms with Crippen LogP contribution in [-0.2, 0) is 0 Å². The number of hydrogen-bond donors (Lipinski definition) is 1. The number of halogens is 1. The molecule has 88 valence electrons. The lowest BCUT2D eigenvalue weighted by molar-refractivity contribution is 0.320. The van der Waals surface area contributed by atoms with Gasteiger partial charge < -0.3 is 5.21 Å². The van der Waals surface area contributed by atoms with E-state index in [2.05, 4.69) is 27.2 Å². The molecule has 0 aromatic heterocycles. The first kappa shape index (κ1) is 12.3. The third-order valence-corrected chi connectivity index (χ3v) is 3.17. The summed E-state index contributed by atoms with van der Waals surface area (Å²) in [6, 6.07) is 11.7. The van der Waals surface area contributed by atoms with Crippen molar-refractivity contribution < 1.29 is 5.21 Å². The SMILES string of the molecule is N#CC(=C1C=CC(=NO)C=C1Br)c1ccccc1. The van der Waals surface area contributed by atoms with Crippen molar-refractivity contribution in [3.8, 4) is 6.07 Å². The van der Waals surface area contributed by atoms with Gasteiger partial charge in [0.15, 0.2) is 0 Å². The molecule has 4 heteroatoms. The van der Waals surface area contributed by atoms with Gasteiger partial charge in [0.05, 0.1) is 5.57 Å². The highest BCUT2D eigenvalue weighted by molar-refractivity contribution is 9.12. The van der Waals surface area contributed by atoms with Gasteiger partial charge in [-0.15, -0.1) is 0 Å². The topological polar surface area (TPSA) is 56.4 Å². The van der Waals surface area contributed by atoms with Crippen molar-refractivity contribution in [2.75, 3.05) is 0 Å². The number of nitrogens with zero attached hydrogens (tertiary/aromatic N) is 2. The molecule has 1 aromatic carbocycles. The lowest BCUT2D eigenvalue weighted by atomic mass is 9.97. The van der Waals surface area contributed by atoms with Crippen molar-refractivity contribution in [3.63, 3.8) is 0 Å². The lowest BCUT2D eigenvalue weighted by Crippen LogP contribution is -1.98. The minimum Gasteiger partial charge on any atom is -0.410 e. The van der Waals surface area contributed by atoms with E-state index in [0.29, 0.717) is 11.3 Å². The standard InChI is InChI=1S/C14H9BrN2O/c15-14-8-11(17-18)6-7-12(14)13(9-16)10-4-2-1-3-5-10/h1-8,18H. The molecular formula is C14H9BrN2O. The van der Waals surface area contributed by atoms with Crippen LogP contribution in [-0.4, -0.2) is 10.9 Å². The van der Waals surface area contributed by atoms with Crippen molar-refractivity contribution in [2.45, 2.75) is 0 Å². The highest BCUT2D eigenvalue weighted by atomic mass is 79.9. The minimum atomic E-state index is 0.441. The summed E-state index contributed by atoms with van der Waals surface area (Å²) in [6.07, 6.45) is 5.07. The zero-order chi connectivity index (χ0) is 13.0. The average Bonchev–Trinajstić information content (AvgIpc) is 2.42. The van der Waals surface area contributed by atoms with E-state index in [9.17, 15) is 5.26 Å². The Bertz CT molecular complexity index is 619. The Morgan fingerprint density at radius 2 is 1.94 bits per heavy atom. The zero-order valence-corrected chi connectivity index (χ0v) is 10.9. The fourth-order valence-electron chi connectivity index (χ4n) is 1.65. The Morgan fingerprint density at radius 1 is 1.22 bits per heavy atom. The number of oxime groups is 1. The van der Waals surface area contributed by atoms with Gasteiger partial charge in [0.25, 0.3) is 0 Å². The molecule has 0 heterocycles. The van der Waals surface area contributed by atoms with E-state index >= 15 is 0 Å². The van der Waals surface area contributed by atoms with Gasteiger partial charge in [-0.2, -0.15) is 5.26 Å². The Hall–Kier alpha value is -2.12. The first-order valence-corrected chi connectivity index (χ1v) is 6.03. The average molecular weight is 301 g/mol. The van der Waals surface area contributed by atoms with E-state index in [1.165, 1.54) is 0 Å². The molecule has 0 unspecified atom stereocenters. The molecule has 0 spiro atoms.